The fraction of sp³-hybridized carbons (Fsp3) is 0.333. The summed E-state index contributed by atoms with van der Waals surface area (Å²) in [5, 5.41) is 17.8. The first-order valence-electron chi connectivity index (χ1n) is 6.36. The summed E-state index contributed by atoms with van der Waals surface area (Å²) in [4.78, 5) is 10.9. The van der Waals surface area contributed by atoms with Crippen LogP contribution < -0.4 is 9.47 Å². The molecule has 0 fully saturated rings. The molecular formula is C15H15NO4. The Morgan fingerprint density at radius 1 is 1.65 bits per heavy atom. The predicted molar refractivity (Wildman–Crippen MR) is 72.6 cm³/mol. The second kappa shape index (κ2) is 5.66. The van der Waals surface area contributed by atoms with Gasteiger partial charge in [0.15, 0.2) is 0 Å². The summed E-state index contributed by atoms with van der Waals surface area (Å²) in [6.45, 7) is 4.28. The van der Waals surface area contributed by atoms with Crippen LogP contribution in [0, 0.1) is 11.3 Å². The van der Waals surface area contributed by atoms with Gasteiger partial charge >= 0.3 is 5.97 Å². The SMILES string of the molecule is CCOc1cc2c(cc1/C=C(\C#N)C(=O)O)O[C@@H](C)C2. The van der Waals surface area contributed by atoms with Gasteiger partial charge in [0.25, 0.3) is 0 Å². The molecule has 0 aromatic heterocycles. The third-order valence-corrected chi connectivity index (χ3v) is 2.98. The van der Waals surface area contributed by atoms with Crippen LogP contribution in [0.15, 0.2) is 17.7 Å². The molecule has 0 unspecified atom stereocenters. The van der Waals surface area contributed by atoms with E-state index in [1.807, 2.05) is 19.9 Å². The van der Waals surface area contributed by atoms with Gasteiger partial charge in [0.1, 0.15) is 29.2 Å². The summed E-state index contributed by atoms with van der Waals surface area (Å²) in [6.07, 6.45) is 2.19. The number of carbonyl (C=O) groups is 1. The monoisotopic (exact) mass is 273 g/mol. The van der Waals surface area contributed by atoms with Crippen LogP contribution in [-0.4, -0.2) is 23.8 Å². The number of rotatable bonds is 4. The van der Waals surface area contributed by atoms with E-state index in [9.17, 15) is 4.79 Å². The summed E-state index contributed by atoms with van der Waals surface area (Å²) in [7, 11) is 0. The largest absolute Gasteiger partial charge is 0.493 e. The highest BCUT2D eigenvalue weighted by molar-refractivity contribution is 5.97. The zero-order valence-electron chi connectivity index (χ0n) is 11.3. The molecule has 1 aliphatic rings. The van der Waals surface area contributed by atoms with Crippen molar-refractivity contribution >= 4 is 12.0 Å². The average Bonchev–Trinajstić information content (AvgIpc) is 2.74. The lowest BCUT2D eigenvalue weighted by Gasteiger charge is -2.10. The molecule has 1 heterocycles. The van der Waals surface area contributed by atoms with Crippen molar-refractivity contribution in [3.05, 3.63) is 28.8 Å². The quantitative estimate of drug-likeness (QED) is 0.673. The van der Waals surface area contributed by atoms with Gasteiger partial charge in [-0.15, -0.1) is 0 Å². The smallest absolute Gasteiger partial charge is 0.346 e. The van der Waals surface area contributed by atoms with Crippen LogP contribution in [0.25, 0.3) is 6.08 Å². The number of carboxylic acid groups (broad SMARTS) is 1. The van der Waals surface area contributed by atoms with Crippen molar-refractivity contribution in [1.82, 2.24) is 0 Å². The highest BCUT2D eigenvalue weighted by Crippen LogP contribution is 2.36. The average molecular weight is 273 g/mol. The van der Waals surface area contributed by atoms with Crippen LogP contribution in [0.2, 0.25) is 0 Å². The summed E-state index contributed by atoms with van der Waals surface area (Å²) in [5.41, 5.74) is 1.24. The molecule has 0 aliphatic carbocycles. The Morgan fingerprint density at radius 2 is 2.40 bits per heavy atom. The molecule has 1 aromatic carbocycles. The van der Waals surface area contributed by atoms with E-state index in [2.05, 4.69) is 0 Å². The van der Waals surface area contributed by atoms with Gasteiger partial charge in [0.2, 0.25) is 0 Å². The lowest BCUT2D eigenvalue weighted by Crippen LogP contribution is -2.05. The maximum Gasteiger partial charge on any atom is 0.346 e. The molecule has 1 aliphatic heterocycles. The molecule has 0 saturated heterocycles. The van der Waals surface area contributed by atoms with Crippen molar-refractivity contribution < 1.29 is 19.4 Å². The maximum absolute atomic E-state index is 10.9. The molecule has 0 amide bonds. The van der Waals surface area contributed by atoms with E-state index in [4.69, 9.17) is 19.8 Å². The second-order valence-corrected chi connectivity index (χ2v) is 4.54. The summed E-state index contributed by atoms with van der Waals surface area (Å²) >= 11 is 0. The Balaban J connectivity index is 2.49. The standard InChI is InChI=1S/C15H15NO4/c1-3-19-13-6-10-4-9(2)20-14(10)7-11(13)5-12(8-16)15(17)18/h5-7,9H,3-4H2,1-2H3,(H,17,18)/b12-5+/t9-/m0/s1. The molecule has 20 heavy (non-hydrogen) atoms. The molecule has 5 heteroatoms. The molecule has 104 valence electrons. The van der Waals surface area contributed by atoms with Gasteiger partial charge in [-0.25, -0.2) is 4.79 Å². The summed E-state index contributed by atoms with van der Waals surface area (Å²) < 4.78 is 11.2. The van der Waals surface area contributed by atoms with E-state index in [1.165, 1.54) is 6.08 Å². The number of carboxylic acids is 1. The Hall–Kier alpha value is -2.48. The van der Waals surface area contributed by atoms with Gasteiger partial charge < -0.3 is 14.6 Å². The van der Waals surface area contributed by atoms with Crippen molar-refractivity contribution in [1.29, 1.82) is 5.26 Å². The molecule has 0 radical (unpaired) electrons. The third-order valence-electron chi connectivity index (χ3n) is 2.98. The van der Waals surface area contributed by atoms with Crippen LogP contribution in [0.3, 0.4) is 0 Å². The first kappa shape index (κ1) is 13.9. The van der Waals surface area contributed by atoms with E-state index in [0.29, 0.717) is 17.9 Å². The van der Waals surface area contributed by atoms with Gasteiger partial charge in [0.05, 0.1) is 6.61 Å². The molecule has 2 rings (SSSR count). The van der Waals surface area contributed by atoms with Gasteiger partial charge in [0, 0.05) is 17.5 Å². The third kappa shape index (κ3) is 2.75. The van der Waals surface area contributed by atoms with E-state index >= 15 is 0 Å². The highest BCUT2D eigenvalue weighted by atomic mass is 16.5. The normalized spacial score (nSPS) is 17.1. The van der Waals surface area contributed by atoms with Crippen LogP contribution in [0.4, 0.5) is 0 Å². The number of nitrogens with zero attached hydrogens (tertiary/aromatic N) is 1. The van der Waals surface area contributed by atoms with Crippen molar-refractivity contribution in [2.75, 3.05) is 6.61 Å². The van der Waals surface area contributed by atoms with Crippen molar-refractivity contribution in [3.8, 4) is 17.6 Å². The minimum Gasteiger partial charge on any atom is -0.493 e. The molecule has 1 atom stereocenters. The zero-order chi connectivity index (χ0) is 14.7. The van der Waals surface area contributed by atoms with E-state index in [1.54, 1.807) is 12.1 Å². The molecule has 1 N–H and O–H groups in total. The lowest BCUT2D eigenvalue weighted by atomic mass is 10.0. The first-order valence-corrected chi connectivity index (χ1v) is 6.36. The number of benzene rings is 1. The van der Waals surface area contributed by atoms with E-state index in [0.717, 1.165) is 17.7 Å². The highest BCUT2D eigenvalue weighted by Gasteiger charge is 2.22. The lowest BCUT2D eigenvalue weighted by molar-refractivity contribution is -0.132. The van der Waals surface area contributed by atoms with E-state index < -0.39 is 5.97 Å². The summed E-state index contributed by atoms with van der Waals surface area (Å²) in [5.74, 6) is 0.0255. The van der Waals surface area contributed by atoms with Crippen LogP contribution in [0.1, 0.15) is 25.0 Å². The summed E-state index contributed by atoms with van der Waals surface area (Å²) in [6, 6.07) is 5.24. The molecule has 5 nitrogen and oxygen atoms in total. The number of ether oxygens (including phenoxy) is 2. The minimum absolute atomic E-state index is 0.0913. The van der Waals surface area contributed by atoms with Crippen molar-refractivity contribution in [2.45, 2.75) is 26.4 Å². The van der Waals surface area contributed by atoms with Crippen molar-refractivity contribution in [3.63, 3.8) is 0 Å². The second-order valence-electron chi connectivity index (χ2n) is 4.54. The molecule has 0 spiro atoms. The van der Waals surface area contributed by atoms with Gasteiger partial charge in [-0.3, -0.25) is 0 Å². The topological polar surface area (TPSA) is 79.5 Å². The number of fused-ring (bicyclic) bond motifs is 1. The molecule has 1 aromatic rings. The first-order chi connectivity index (χ1) is 9.55. The Labute approximate surface area is 117 Å². The number of aliphatic carboxylic acids is 1. The van der Waals surface area contributed by atoms with E-state index in [-0.39, 0.29) is 11.7 Å². The van der Waals surface area contributed by atoms with Gasteiger partial charge in [-0.05, 0) is 32.1 Å². The van der Waals surface area contributed by atoms with Crippen LogP contribution >= 0.6 is 0 Å². The fourth-order valence-corrected chi connectivity index (χ4v) is 2.15. The predicted octanol–water partition coefficient (Wildman–Crippen LogP) is 2.40. The number of hydrogen-bond acceptors (Lipinski definition) is 4. The van der Waals surface area contributed by atoms with Gasteiger partial charge in [-0.2, -0.15) is 5.26 Å². The Morgan fingerprint density at radius 3 is 3.00 bits per heavy atom. The Kier molecular flexibility index (Phi) is 3.94. The van der Waals surface area contributed by atoms with Crippen LogP contribution in [0.5, 0.6) is 11.5 Å². The van der Waals surface area contributed by atoms with Crippen LogP contribution in [-0.2, 0) is 11.2 Å². The Bertz CT molecular complexity index is 613. The zero-order valence-corrected chi connectivity index (χ0v) is 11.3. The number of nitriles is 1. The van der Waals surface area contributed by atoms with Gasteiger partial charge in [-0.1, -0.05) is 0 Å². The minimum atomic E-state index is -1.26. The van der Waals surface area contributed by atoms with Crippen molar-refractivity contribution in [2.24, 2.45) is 0 Å². The maximum atomic E-state index is 10.9. The number of hydrogen-bond donors (Lipinski definition) is 1. The molecular weight excluding hydrogens is 258 g/mol. The molecule has 0 saturated carbocycles. The fourth-order valence-electron chi connectivity index (χ4n) is 2.15. The molecule has 0 bridgehead atoms.